The second kappa shape index (κ2) is 11.0. The first-order chi connectivity index (χ1) is 16.7. The maximum absolute atomic E-state index is 12.0. The molecule has 34 heavy (non-hydrogen) atoms. The Bertz CT molecular complexity index is 1220. The van der Waals surface area contributed by atoms with Crippen molar-refractivity contribution in [2.75, 3.05) is 33.5 Å². The van der Waals surface area contributed by atoms with E-state index in [1.807, 2.05) is 31.2 Å². The maximum atomic E-state index is 12.0. The molecule has 4 aromatic rings. The fourth-order valence-electron chi connectivity index (χ4n) is 3.11. The smallest absolute Gasteiger partial charge is 0.258 e. The Hall–Kier alpha value is -4.34. The molecule has 10 heteroatoms. The number of methoxy groups -OCH3 is 1. The number of fused-ring (bicyclic) bond motifs is 1. The number of ether oxygens (including phenoxy) is 4. The van der Waals surface area contributed by atoms with Crippen molar-refractivity contribution in [2.24, 2.45) is 0 Å². The number of hydrogen-bond donors (Lipinski definition) is 1. The topological polar surface area (TPSA) is 109 Å². The second-order valence-electron chi connectivity index (χ2n) is 7.09. The van der Waals surface area contributed by atoms with Crippen molar-refractivity contribution in [1.82, 2.24) is 25.1 Å². The van der Waals surface area contributed by atoms with Gasteiger partial charge in [-0.25, -0.2) is 0 Å². The van der Waals surface area contributed by atoms with E-state index >= 15 is 0 Å². The van der Waals surface area contributed by atoms with Crippen molar-refractivity contribution >= 4 is 11.6 Å². The van der Waals surface area contributed by atoms with E-state index in [9.17, 15) is 4.79 Å². The molecule has 10 nitrogen and oxygen atoms in total. The van der Waals surface area contributed by atoms with Gasteiger partial charge in [-0.15, -0.1) is 15.3 Å². The van der Waals surface area contributed by atoms with Gasteiger partial charge in [-0.1, -0.05) is 0 Å². The predicted molar refractivity (Wildman–Crippen MR) is 124 cm³/mol. The molecule has 2 aromatic heterocycles. The minimum Gasteiger partial charge on any atom is -0.497 e. The van der Waals surface area contributed by atoms with Crippen molar-refractivity contribution in [3.63, 3.8) is 0 Å². The van der Waals surface area contributed by atoms with E-state index in [4.69, 9.17) is 18.9 Å². The number of amides is 1. The van der Waals surface area contributed by atoms with Crippen LogP contribution in [0.2, 0.25) is 0 Å². The Labute approximate surface area is 196 Å². The molecule has 0 atom stereocenters. The third-order valence-electron chi connectivity index (χ3n) is 4.77. The van der Waals surface area contributed by atoms with E-state index in [2.05, 4.69) is 20.6 Å². The molecule has 176 valence electrons. The zero-order valence-electron chi connectivity index (χ0n) is 18.9. The van der Waals surface area contributed by atoms with Gasteiger partial charge in [0.05, 0.1) is 20.3 Å². The Balaban J connectivity index is 1.26. The van der Waals surface area contributed by atoms with Gasteiger partial charge in [0.15, 0.2) is 18.1 Å². The number of carbonyl (C=O) groups is 1. The Morgan fingerprint density at radius 2 is 1.59 bits per heavy atom. The van der Waals surface area contributed by atoms with Crippen molar-refractivity contribution in [3.8, 4) is 34.5 Å². The molecule has 0 spiro atoms. The summed E-state index contributed by atoms with van der Waals surface area (Å²) < 4.78 is 23.3. The van der Waals surface area contributed by atoms with Gasteiger partial charge in [0, 0.05) is 11.6 Å². The van der Waals surface area contributed by atoms with Crippen molar-refractivity contribution in [3.05, 3.63) is 60.7 Å². The lowest BCUT2D eigenvalue weighted by Gasteiger charge is -2.09. The van der Waals surface area contributed by atoms with Crippen molar-refractivity contribution in [2.45, 2.75) is 6.92 Å². The summed E-state index contributed by atoms with van der Waals surface area (Å²) in [4.78, 5) is 12.0. The highest BCUT2D eigenvalue weighted by Gasteiger charge is 2.11. The van der Waals surface area contributed by atoms with E-state index in [0.717, 1.165) is 17.1 Å². The molecule has 1 amide bonds. The first-order valence-electron chi connectivity index (χ1n) is 10.8. The van der Waals surface area contributed by atoms with Crippen LogP contribution in [0.15, 0.2) is 60.7 Å². The second-order valence-corrected chi connectivity index (χ2v) is 7.09. The SMILES string of the molecule is CCOc1ccc(OCC(=O)NCCOc2ccc3nnc(-c4ccc(OC)cc4)n3n2)cc1. The Morgan fingerprint density at radius 1 is 0.882 bits per heavy atom. The summed E-state index contributed by atoms with van der Waals surface area (Å²) in [5.74, 6) is 2.83. The van der Waals surface area contributed by atoms with Crippen LogP contribution < -0.4 is 24.3 Å². The van der Waals surface area contributed by atoms with E-state index in [-0.39, 0.29) is 19.1 Å². The standard InChI is InChI=1S/C24H25N5O5/c1-3-32-19-8-10-20(11-9-19)34-16-22(30)25-14-15-33-23-13-12-21-26-27-24(29(21)28-23)17-4-6-18(31-2)7-5-17/h4-13H,3,14-16H2,1-2H3,(H,25,30). The Kier molecular flexibility index (Phi) is 7.39. The third kappa shape index (κ3) is 5.71. The highest BCUT2D eigenvalue weighted by molar-refractivity contribution is 5.77. The lowest BCUT2D eigenvalue weighted by atomic mass is 10.2. The van der Waals surface area contributed by atoms with Crippen molar-refractivity contribution in [1.29, 1.82) is 0 Å². The molecular weight excluding hydrogens is 438 g/mol. The van der Waals surface area contributed by atoms with E-state index in [1.165, 1.54) is 0 Å². The van der Waals surface area contributed by atoms with Gasteiger partial charge in [-0.2, -0.15) is 4.52 Å². The summed E-state index contributed by atoms with van der Waals surface area (Å²) in [7, 11) is 1.62. The first-order valence-corrected chi connectivity index (χ1v) is 10.8. The summed E-state index contributed by atoms with van der Waals surface area (Å²) in [6.07, 6.45) is 0. The van der Waals surface area contributed by atoms with Crippen molar-refractivity contribution < 1.29 is 23.7 Å². The average Bonchev–Trinajstić information content (AvgIpc) is 3.30. The van der Waals surface area contributed by atoms with Crippen LogP contribution in [0.25, 0.3) is 17.0 Å². The van der Waals surface area contributed by atoms with Crippen LogP contribution >= 0.6 is 0 Å². The van der Waals surface area contributed by atoms with Gasteiger partial charge >= 0.3 is 0 Å². The van der Waals surface area contributed by atoms with Gasteiger partial charge < -0.3 is 24.3 Å². The molecule has 2 heterocycles. The lowest BCUT2D eigenvalue weighted by Crippen LogP contribution is -2.32. The summed E-state index contributed by atoms with van der Waals surface area (Å²) in [5.41, 5.74) is 1.44. The summed E-state index contributed by atoms with van der Waals surface area (Å²) in [5, 5.41) is 15.6. The first kappa shape index (κ1) is 22.8. The molecule has 4 rings (SSSR count). The number of aromatic nitrogens is 4. The number of hydrogen-bond acceptors (Lipinski definition) is 8. The number of carbonyl (C=O) groups excluding carboxylic acids is 1. The molecule has 0 aliphatic heterocycles. The molecule has 0 fully saturated rings. The molecule has 0 saturated carbocycles. The molecule has 2 aromatic carbocycles. The lowest BCUT2D eigenvalue weighted by molar-refractivity contribution is -0.123. The third-order valence-corrected chi connectivity index (χ3v) is 4.77. The van der Waals surface area contributed by atoms with E-state index in [0.29, 0.717) is 36.3 Å². The van der Waals surface area contributed by atoms with Crippen LogP contribution in [-0.2, 0) is 4.79 Å². The highest BCUT2D eigenvalue weighted by atomic mass is 16.5. The highest BCUT2D eigenvalue weighted by Crippen LogP contribution is 2.22. The minimum atomic E-state index is -0.249. The van der Waals surface area contributed by atoms with Crippen LogP contribution in [0.4, 0.5) is 0 Å². The molecule has 1 N–H and O–H groups in total. The number of nitrogens with zero attached hydrogens (tertiary/aromatic N) is 4. The fourth-order valence-corrected chi connectivity index (χ4v) is 3.11. The predicted octanol–water partition coefficient (Wildman–Crippen LogP) is 2.77. The molecule has 0 radical (unpaired) electrons. The Morgan fingerprint density at radius 3 is 2.29 bits per heavy atom. The van der Waals surface area contributed by atoms with Gasteiger partial charge in [0.1, 0.15) is 23.9 Å². The van der Waals surface area contributed by atoms with Crippen LogP contribution in [0.1, 0.15) is 6.92 Å². The number of benzene rings is 2. The van der Waals surface area contributed by atoms with Crippen LogP contribution in [-0.4, -0.2) is 59.2 Å². The molecule has 0 aliphatic rings. The zero-order chi connectivity index (χ0) is 23.8. The number of rotatable bonds is 11. The molecular formula is C24H25N5O5. The minimum absolute atomic E-state index is 0.0931. The molecule has 0 bridgehead atoms. The van der Waals surface area contributed by atoms with Crippen LogP contribution in [0.3, 0.4) is 0 Å². The van der Waals surface area contributed by atoms with E-state index < -0.39 is 0 Å². The molecule has 0 unspecified atom stereocenters. The fraction of sp³-hybridized carbons (Fsp3) is 0.250. The summed E-state index contributed by atoms with van der Waals surface area (Å²) >= 11 is 0. The summed E-state index contributed by atoms with van der Waals surface area (Å²) in [6, 6.07) is 18.0. The van der Waals surface area contributed by atoms with Crippen LogP contribution in [0.5, 0.6) is 23.1 Å². The normalized spacial score (nSPS) is 10.6. The van der Waals surface area contributed by atoms with Gasteiger partial charge in [0.2, 0.25) is 5.88 Å². The largest absolute Gasteiger partial charge is 0.497 e. The molecule has 0 aliphatic carbocycles. The zero-order valence-corrected chi connectivity index (χ0v) is 18.9. The average molecular weight is 463 g/mol. The quantitative estimate of drug-likeness (QED) is 0.338. The monoisotopic (exact) mass is 463 g/mol. The summed E-state index contributed by atoms with van der Waals surface area (Å²) in [6.45, 7) is 2.97. The van der Waals surface area contributed by atoms with Crippen LogP contribution in [0, 0.1) is 0 Å². The molecule has 0 saturated heterocycles. The van der Waals surface area contributed by atoms with Gasteiger partial charge in [0.25, 0.3) is 5.91 Å². The van der Waals surface area contributed by atoms with Gasteiger partial charge in [-0.05, 0) is 61.5 Å². The number of nitrogens with one attached hydrogen (secondary N) is 1. The van der Waals surface area contributed by atoms with Gasteiger partial charge in [-0.3, -0.25) is 4.79 Å². The maximum Gasteiger partial charge on any atom is 0.258 e. The van der Waals surface area contributed by atoms with E-state index in [1.54, 1.807) is 48.0 Å².